The van der Waals surface area contributed by atoms with Crippen molar-refractivity contribution in [3.05, 3.63) is 59.0 Å². The molecule has 2 aliphatic heterocycles. The van der Waals surface area contributed by atoms with Gasteiger partial charge in [-0.3, -0.25) is 4.68 Å². The van der Waals surface area contributed by atoms with Crippen LogP contribution in [0.1, 0.15) is 48.7 Å². The zero-order valence-electron chi connectivity index (χ0n) is 18.2. The van der Waals surface area contributed by atoms with Crippen molar-refractivity contribution < 1.29 is 8.78 Å². The first kappa shape index (κ1) is 20.1. The lowest BCUT2D eigenvalue weighted by Gasteiger charge is -2.34. The van der Waals surface area contributed by atoms with Crippen LogP contribution in [-0.4, -0.2) is 39.0 Å². The van der Waals surface area contributed by atoms with E-state index in [1.807, 2.05) is 28.6 Å². The molecule has 2 aliphatic rings. The summed E-state index contributed by atoms with van der Waals surface area (Å²) in [5, 5.41) is 22.0. The Hall–Kier alpha value is -3.51. The molecular weight excluding hydrogens is 424 g/mol. The van der Waals surface area contributed by atoms with E-state index in [0.29, 0.717) is 35.6 Å². The van der Waals surface area contributed by atoms with Crippen molar-refractivity contribution in [3.8, 4) is 6.07 Å². The molecule has 6 rings (SSSR count). The summed E-state index contributed by atoms with van der Waals surface area (Å²) in [6.07, 6.45) is 3.11. The molecule has 0 bridgehead atoms. The standard InChI is InChI=1S/C24H23F2N7/c1-14-12-31(21-3-2-17(10-27)33-24(21)19(26)11-29-33)13-22-23-18(25)8-16(9-20(23)30-32(14)22)15-4-6-28-7-5-15/h2-3,8-9,11,14-15,28H,4-7,12-13H2,1H3/t14-/m1/s1. The number of rotatable bonds is 2. The number of aromatic nitrogens is 4. The van der Waals surface area contributed by atoms with Gasteiger partial charge in [0.05, 0.1) is 41.1 Å². The van der Waals surface area contributed by atoms with Gasteiger partial charge >= 0.3 is 0 Å². The molecule has 1 aromatic carbocycles. The van der Waals surface area contributed by atoms with E-state index in [9.17, 15) is 9.65 Å². The summed E-state index contributed by atoms with van der Waals surface area (Å²) in [7, 11) is 0. The number of piperidine rings is 1. The first-order valence-electron chi connectivity index (χ1n) is 11.3. The topological polar surface area (TPSA) is 74.2 Å². The van der Waals surface area contributed by atoms with Gasteiger partial charge in [0.25, 0.3) is 0 Å². The van der Waals surface area contributed by atoms with E-state index in [1.54, 1.807) is 18.2 Å². The minimum atomic E-state index is -0.489. The maximum Gasteiger partial charge on any atom is 0.171 e. The highest BCUT2D eigenvalue weighted by Gasteiger charge is 2.30. The molecule has 0 amide bonds. The molecule has 0 aliphatic carbocycles. The highest BCUT2D eigenvalue weighted by atomic mass is 19.1. The minimum absolute atomic E-state index is 0.0374. The molecule has 1 saturated heterocycles. The average molecular weight is 447 g/mol. The fourth-order valence-corrected chi connectivity index (χ4v) is 5.39. The Balaban J connectivity index is 1.44. The smallest absolute Gasteiger partial charge is 0.171 e. The molecule has 1 fully saturated rings. The van der Waals surface area contributed by atoms with Crippen LogP contribution in [-0.2, 0) is 6.54 Å². The lowest BCUT2D eigenvalue weighted by Crippen LogP contribution is -2.37. The van der Waals surface area contributed by atoms with Crippen molar-refractivity contribution in [2.45, 2.75) is 38.3 Å². The maximum atomic E-state index is 15.4. The number of anilines is 1. The number of hydrogen-bond donors (Lipinski definition) is 1. The zero-order chi connectivity index (χ0) is 22.7. The predicted octanol–water partition coefficient (Wildman–Crippen LogP) is 3.88. The Bertz CT molecular complexity index is 1420. The number of hydrogen-bond acceptors (Lipinski definition) is 5. The van der Waals surface area contributed by atoms with Gasteiger partial charge < -0.3 is 10.2 Å². The van der Waals surface area contributed by atoms with Crippen molar-refractivity contribution >= 4 is 22.1 Å². The summed E-state index contributed by atoms with van der Waals surface area (Å²) in [4.78, 5) is 2.02. The van der Waals surface area contributed by atoms with Crippen LogP contribution in [0.15, 0.2) is 30.5 Å². The molecule has 0 unspecified atom stereocenters. The van der Waals surface area contributed by atoms with E-state index in [0.717, 1.165) is 43.4 Å². The van der Waals surface area contributed by atoms with Crippen LogP contribution in [0.5, 0.6) is 0 Å². The Labute approximate surface area is 189 Å². The van der Waals surface area contributed by atoms with Gasteiger partial charge in [-0.2, -0.15) is 15.5 Å². The van der Waals surface area contributed by atoms with E-state index in [4.69, 9.17) is 5.10 Å². The third-order valence-corrected chi connectivity index (χ3v) is 6.98. The van der Waals surface area contributed by atoms with E-state index < -0.39 is 5.82 Å². The molecule has 33 heavy (non-hydrogen) atoms. The molecule has 0 spiro atoms. The van der Waals surface area contributed by atoms with Crippen molar-refractivity contribution in [1.29, 1.82) is 5.26 Å². The molecule has 3 aromatic heterocycles. The van der Waals surface area contributed by atoms with Crippen LogP contribution in [0.2, 0.25) is 0 Å². The summed E-state index contributed by atoms with van der Waals surface area (Å²) in [5.41, 5.74) is 3.61. The Morgan fingerprint density at radius 1 is 1.15 bits per heavy atom. The summed E-state index contributed by atoms with van der Waals surface area (Å²) in [5.74, 6) is -0.400. The molecule has 0 saturated carbocycles. The normalized spacial score (nSPS) is 19.2. The molecule has 5 heterocycles. The van der Waals surface area contributed by atoms with Gasteiger partial charge in [0.1, 0.15) is 23.1 Å². The second-order valence-electron chi connectivity index (χ2n) is 9.01. The number of nitriles is 1. The first-order chi connectivity index (χ1) is 16.0. The second-order valence-corrected chi connectivity index (χ2v) is 9.01. The zero-order valence-corrected chi connectivity index (χ0v) is 18.2. The molecule has 0 radical (unpaired) electrons. The van der Waals surface area contributed by atoms with Gasteiger partial charge in [-0.1, -0.05) is 0 Å². The summed E-state index contributed by atoms with van der Waals surface area (Å²) in [6, 6.07) is 9.09. The number of nitrogens with zero attached hydrogens (tertiary/aromatic N) is 6. The molecule has 4 aromatic rings. The third kappa shape index (κ3) is 3.09. The third-order valence-electron chi connectivity index (χ3n) is 6.98. The van der Waals surface area contributed by atoms with Crippen LogP contribution in [0.25, 0.3) is 16.4 Å². The molecule has 1 atom stereocenters. The van der Waals surface area contributed by atoms with E-state index in [-0.39, 0.29) is 23.1 Å². The van der Waals surface area contributed by atoms with Crippen LogP contribution >= 0.6 is 0 Å². The van der Waals surface area contributed by atoms with E-state index in [1.165, 1.54) is 4.52 Å². The number of nitrogens with one attached hydrogen (secondary N) is 1. The molecule has 1 N–H and O–H groups in total. The number of halogens is 2. The molecular formula is C24H23F2N7. The lowest BCUT2D eigenvalue weighted by atomic mass is 9.89. The monoisotopic (exact) mass is 447 g/mol. The largest absolute Gasteiger partial charge is 0.362 e. The molecule has 168 valence electrons. The van der Waals surface area contributed by atoms with Gasteiger partial charge in [0, 0.05) is 6.54 Å². The summed E-state index contributed by atoms with van der Waals surface area (Å²) in [6.45, 7) is 4.88. The van der Waals surface area contributed by atoms with Gasteiger partial charge in [0.15, 0.2) is 5.82 Å². The van der Waals surface area contributed by atoms with Crippen molar-refractivity contribution in [2.24, 2.45) is 0 Å². The van der Waals surface area contributed by atoms with Gasteiger partial charge in [0.2, 0.25) is 0 Å². The van der Waals surface area contributed by atoms with Crippen LogP contribution in [0, 0.1) is 23.0 Å². The number of fused-ring (bicyclic) bond motifs is 4. The number of pyridine rings is 1. The maximum absolute atomic E-state index is 15.4. The highest BCUT2D eigenvalue weighted by Crippen LogP contribution is 2.36. The molecule has 7 nitrogen and oxygen atoms in total. The van der Waals surface area contributed by atoms with Gasteiger partial charge in [-0.15, -0.1) is 0 Å². The Kier molecular flexibility index (Phi) is 4.59. The van der Waals surface area contributed by atoms with Crippen molar-refractivity contribution in [3.63, 3.8) is 0 Å². The highest BCUT2D eigenvalue weighted by molar-refractivity contribution is 5.84. The number of benzene rings is 1. The van der Waals surface area contributed by atoms with Crippen molar-refractivity contribution in [2.75, 3.05) is 24.5 Å². The first-order valence-corrected chi connectivity index (χ1v) is 11.3. The van der Waals surface area contributed by atoms with Gasteiger partial charge in [-0.05, 0) is 68.6 Å². The Morgan fingerprint density at radius 3 is 2.76 bits per heavy atom. The van der Waals surface area contributed by atoms with Crippen LogP contribution in [0.3, 0.4) is 0 Å². The predicted molar refractivity (Wildman–Crippen MR) is 120 cm³/mol. The Morgan fingerprint density at radius 2 is 1.97 bits per heavy atom. The van der Waals surface area contributed by atoms with Crippen LogP contribution < -0.4 is 10.2 Å². The van der Waals surface area contributed by atoms with E-state index in [2.05, 4.69) is 10.4 Å². The average Bonchev–Trinajstić information content (AvgIpc) is 3.41. The van der Waals surface area contributed by atoms with Crippen molar-refractivity contribution in [1.82, 2.24) is 24.7 Å². The minimum Gasteiger partial charge on any atom is -0.362 e. The van der Waals surface area contributed by atoms with Gasteiger partial charge in [-0.25, -0.2) is 13.3 Å². The summed E-state index contributed by atoms with van der Waals surface area (Å²) >= 11 is 0. The lowest BCUT2D eigenvalue weighted by molar-refractivity contribution is 0.429. The second kappa shape index (κ2) is 7.52. The quantitative estimate of drug-likeness (QED) is 0.505. The fraction of sp³-hybridized carbons (Fsp3) is 0.375. The SMILES string of the molecule is C[C@@H]1CN(c2ccc(C#N)n3ncc(F)c23)Cc2c3c(F)cc(C4CCNCC4)cc3nn21. The van der Waals surface area contributed by atoms with Crippen LogP contribution in [0.4, 0.5) is 14.5 Å². The van der Waals surface area contributed by atoms with E-state index >= 15 is 4.39 Å². The summed E-state index contributed by atoms with van der Waals surface area (Å²) < 4.78 is 33.3. The molecule has 9 heteroatoms. The fourth-order valence-electron chi connectivity index (χ4n) is 5.39.